The lowest BCUT2D eigenvalue weighted by atomic mass is 10.0. The highest BCUT2D eigenvalue weighted by atomic mass is 31.2. The van der Waals surface area contributed by atoms with Crippen LogP contribution in [0.3, 0.4) is 0 Å². The van der Waals surface area contributed by atoms with E-state index in [-0.39, 0.29) is 17.9 Å². The average Bonchev–Trinajstić information content (AvgIpc) is 2.89. The summed E-state index contributed by atoms with van der Waals surface area (Å²) in [4.78, 5) is 26.0. The number of carbonyl (C=O) groups is 2. The maximum absolute atomic E-state index is 12.9. The molecule has 1 amide bonds. The van der Waals surface area contributed by atoms with Gasteiger partial charge in [0.1, 0.15) is 11.4 Å². The van der Waals surface area contributed by atoms with Gasteiger partial charge in [-0.05, 0) is 76.1 Å². The second-order valence-corrected chi connectivity index (χ2v) is 14.4. The highest BCUT2D eigenvalue weighted by molar-refractivity contribution is 7.57. The molecule has 0 saturated heterocycles. The summed E-state index contributed by atoms with van der Waals surface area (Å²) in [6.07, 6.45) is 5.92. The summed E-state index contributed by atoms with van der Waals surface area (Å²) in [6, 6.07) is 15.1. The number of hydrogen-bond acceptors (Lipinski definition) is 7. The van der Waals surface area contributed by atoms with Crippen LogP contribution in [0.25, 0.3) is 0 Å². The molecule has 0 heterocycles. The Hall–Kier alpha value is -2.67. The van der Waals surface area contributed by atoms with Crippen molar-refractivity contribution >= 4 is 19.7 Å². The summed E-state index contributed by atoms with van der Waals surface area (Å²) in [6.45, 7) is 10.3. The van der Waals surface area contributed by atoms with Crippen LogP contribution in [-0.4, -0.2) is 67.6 Å². The summed E-state index contributed by atoms with van der Waals surface area (Å²) >= 11 is 0. The predicted octanol–water partition coefficient (Wildman–Crippen LogP) is 7.29. The third-order valence-electron chi connectivity index (χ3n) is 6.22. The van der Waals surface area contributed by atoms with Crippen LogP contribution in [0.15, 0.2) is 48.5 Å². The number of aryl methyl sites for hydroxylation is 1. The SMILES string of the molecule is CC(C)(C)OC(=O)N(CCCCCCOCCCCc1ccccc1)CC(O)c1ccc(OP(C)(C)=O)c(C=O)c1. The van der Waals surface area contributed by atoms with E-state index in [4.69, 9.17) is 14.0 Å². The van der Waals surface area contributed by atoms with Gasteiger partial charge in [-0.3, -0.25) is 9.36 Å². The van der Waals surface area contributed by atoms with E-state index in [2.05, 4.69) is 24.3 Å². The Morgan fingerprint density at radius 1 is 0.976 bits per heavy atom. The smallest absolute Gasteiger partial charge is 0.410 e. The zero-order valence-corrected chi connectivity index (χ0v) is 26.2. The Bertz CT molecular complexity index is 1110. The molecule has 2 aromatic rings. The number of benzene rings is 2. The number of unbranched alkanes of at least 4 members (excludes halogenated alkanes) is 4. The van der Waals surface area contributed by atoms with Crippen molar-refractivity contribution in [1.82, 2.24) is 4.90 Å². The third kappa shape index (κ3) is 14.7. The molecule has 0 aliphatic rings. The molecule has 1 N–H and O–H groups in total. The van der Waals surface area contributed by atoms with Crippen molar-refractivity contribution in [2.75, 3.05) is 39.6 Å². The van der Waals surface area contributed by atoms with Crippen molar-refractivity contribution in [3.8, 4) is 5.75 Å². The van der Waals surface area contributed by atoms with Crippen LogP contribution in [-0.2, 0) is 20.5 Å². The van der Waals surface area contributed by atoms with E-state index < -0.39 is 25.2 Å². The highest BCUT2D eigenvalue weighted by Gasteiger charge is 2.25. The summed E-state index contributed by atoms with van der Waals surface area (Å²) in [5, 5.41) is 10.9. The third-order valence-corrected chi connectivity index (χ3v) is 6.86. The number of ether oxygens (including phenoxy) is 2. The summed E-state index contributed by atoms with van der Waals surface area (Å²) in [5.74, 6) is 0.199. The van der Waals surface area contributed by atoms with Gasteiger partial charge in [-0.2, -0.15) is 0 Å². The Kier molecular flexibility index (Phi) is 14.6. The van der Waals surface area contributed by atoms with Crippen LogP contribution in [0.4, 0.5) is 4.79 Å². The van der Waals surface area contributed by atoms with Crippen molar-refractivity contribution in [3.63, 3.8) is 0 Å². The van der Waals surface area contributed by atoms with Gasteiger partial charge in [0.2, 0.25) is 7.37 Å². The van der Waals surface area contributed by atoms with E-state index in [9.17, 15) is 19.3 Å². The number of aliphatic hydroxyl groups is 1. The standard InChI is InChI=1S/C32H48NO7P/c1-32(2,3)39-31(36)33(24-29(35)27-18-19-30(28(23-27)25-34)40-41(4,5)37)20-12-6-7-13-21-38-22-14-11-17-26-15-9-8-10-16-26/h8-10,15-16,18-19,23,25,29,35H,6-7,11-14,17,20-22,24H2,1-5H3. The minimum Gasteiger partial charge on any atom is -0.444 e. The van der Waals surface area contributed by atoms with Crippen molar-refractivity contribution in [2.24, 2.45) is 0 Å². The summed E-state index contributed by atoms with van der Waals surface area (Å²) in [7, 11) is -2.86. The quantitative estimate of drug-likeness (QED) is 0.111. The molecule has 9 heteroatoms. The van der Waals surface area contributed by atoms with E-state index >= 15 is 0 Å². The van der Waals surface area contributed by atoms with E-state index in [0.29, 0.717) is 18.4 Å². The summed E-state index contributed by atoms with van der Waals surface area (Å²) < 4.78 is 28.8. The molecule has 0 aromatic heterocycles. The molecule has 1 atom stereocenters. The van der Waals surface area contributed by atoms with E-state index in [1.807, 2.05) is 6.07 Å². The van der Waals surface area contributed by atoms with Crippen LogP contribution >= 0.6 is 7.37 Å². The number of hydrogen-bond donors (Lipinski definition) is 1. The maximum Gasteiger partial charge on any atom is 0.410 e. The molecule has 8 nitrogen and oxygen atoms in total. The molecule has 2 rings (SSSR count). The lowest BCUT2D eigenvalue weighted by Crippen LogP contribution is -2.39. The minimum absolute atomic E-state index is 0.0134. The Balaban J connectivity index is 1.79. The summed E-state index contributed by atoms with van der Waals surface area (Å²) in [5.41, 5.74) is 1.33. The molecule has 0 aliphatic carbocycles. The van der Waals surface area contributed by atoms with E-state index in [1.165, 1.54) is 35.9 Å². The number of amides is 1. The van der Waals surface area contributed by atoms with Gasteiger partial charge >= 0.3 is 6.09 Å². The van der Waals surface area contributed by atoms with E-state index in [0.717, 1.165) is 58.2 Å². The van der Waals surface area contributed by atoms with Crippen molar-refractivity contribution in [1.29, 1.82) is 0 Å². The van der Waals surface area contributed by atoms with Gasteiger partial charge in [0.15, 0.2) is 6.29 Å². The monoisotopic (exact) mass is 589 g/mol. The fourth-order valence-corrected chi connectivity index (χ4v) is 4.86. The van der Waals surface area contributed by atoms with Gasteiger partial charge in [0.05, 0.1) is 18.2 Å². The van der Waals surface area contributed by atoms with Crippen LogP contribution < -0.4 is 4.52 Å². The lowest BCUT2D eigenvalue weighted by molar-refractivity contribution is 0.0140. The Morgan fingerprint density at radius 2 is 1.63 bits per heavy atom. The number of aldehydes is 1. The first kappa shape index (κ1) is 34.5. The van der Waals surface area contributed by atoms with Gasteiger partial charge in [-0.25, -0.2) is 4.79 Å². The topological polar surface area (TPSA) is 102 Å². The molecule has 0 bridgehead atoms. The largest absolute Gasteiger partial charge is 0.444 e. The maximum atomic E-state index is 12.9. The van der Waals surface area contributed by atoms with Gasteiger partial charge in [0.25, 0.3) is 0 Å². The Labute approximate surface area is 245 Å². The molecule has 0 saturated carbocycles. The van der Waals surface area contributed by atoms with Crippen LogP contribution in [0.1, 0.15) is 86.9 Å². The molecule has 0 spiro atoms. The molecular formula is C32H48NO7P. The zero-order valence-electron chi connectivity index (χ0n) is 25.3. The van der Waals surface area contributed by atoms with Crippen LogP contribution in [0.2, 0.25) is 0 Å². The number of aliphatic hydroxyl groups excluding tert-OH is 1. The molecular weight excluding hydrogens is 541 g/mol. The number of rotatable bonds is 18. The number of carbonyl (C=O) groups excluding carboxylic acids is 2. The fourth-order valence-electron chi connectivity index (χ4n) is 4.22. The van der Waals surface area contributed by atoms with Gasteiger partial charge in [-0.15, -0.1) is 0 Å². The molecule has 0 fully saturated rings. The Morgan fingerprint density at radius 3 is 2.27 bits per heavy atom. The first-order valence-corrected chi connectivity index (χ1v) is 17.0. The minimum atomic E-state index is -2.86. The number of nitrogens with zero attached hydrogens (tertiary/aromatic N) is 1. The molecule has 0 radical (unpaired) electrons. The van der Waals surface area contributed by atoms with Gasteiger partial charge in [-0.1, -0.05) is 49.2 Å². The molecule has 2 aromatic carbocycles. The van der Waals surface area contributed by atoms with Crippen LogP contribution in [0.5, 0.6) is 5.75 Å². The molecule has 228 valence electrons. The second-order valence-electron chi connectivity index (χ2n) is 11.7. The fraction of sp³-hybridized carbons (Fsp3) is 0.562. The molecule has 41 heavy (non-hydrogen) atoms. The first-order valence-electron chi connectivity index (χ1n) is 14.5. The lowest BCUT2D eigenvalue weighted by Gasteiger charge is -2.29. The highest BCUT2D eigenvalue weighted by Crippen LogP contribution is 2.40. The molecule has 0 aliphatic heterocycles. The van der Waals surface area contributed by atoms with Gasteiger partial charge in [0, 0.05) is 33.1 Å². The van der Waals surface area contributed by atoms with Crippen molar-refractivity contribution in [3.05, 3.63) is 65.2 Å². The van der Waals surface area contributed by atoms with Crippen molar-refractivity contribution in [2.45, 2.75) is 77.4 Å². The average molecular weight is 590 g/mol. The van der Waals surface area contributed by atoms with Crippen molar-refractivity contribution < 1.29 is 33.3 Å². The normalized spacial score (nSPS) is 12.5. The van der Waals surface area contributed by atoms with Gasteiger partial charge < -0.3 is 24.0 Å². The zero-order chi connectivity index (χ0) is 30.3. The second kappa shape index (κ2) is 17.3. The van der Waals surface area contributed by atoms with Crippen LogP contribution in [0, 0.1) is 0 Å². The predicted molar refractivity (Wildman–Crippen MR) is 163 cm³/mol. The molecule has 1 unspecified atom stereocenters. The first-order chi connectivity index (χ1) is 19.4. The van der Waals surface area contributed by atoms with E-state index in [1.54, 1.807) is 26.8 Å².